The van der Waals surface area contributed by atoms with Crippen molar-refractivity contribution in [3.63, 3.8) is 0 Å². The molecule has 1 aliphatic rings. The first-order chi connectivity index (χ1) is 35.7. The maximum absolute atomic E-state index is 9.34. The largest absolute Gasteiger partial charge is 0.457 e. The molecule has 0 radical (unpaired) electrons. The van der Waals surface area contributed by atoms with Gasteiger partial charge in [0.05, 0.1) is 27.8 Å². The number of hydrogen-bond donors (Lipinski definition) is 0. The number of para-hydroxylation sites is 3. The van der Waals surface area contributed by atoms with Crippen LogP contribution in [0.2, 0.25) is 0 Å². The maximum Gasteiger partial charge on any atom is 0.137 e. The van der Waals surface area contributed by atoms with Crippen LogP contribution in [0.4, 0.5) is 11.4 Å². The number of benzene rings is 8. The molecule has 0 atom stereocenters. The molecule has 0 aliphatic carbocycles. The van der Waals surface area contributed by atoms with E-state index in [1.807, 2.05) is 20.0 Å². The number of ether oxygens (including phenoxy) is 1. The Morgan fingerprint density at radius 2 is 1.07 bits per heavy atom. The Balaban J connectivity index is 1.10. The fourth-order valence-corrected chi connectivity index (χ4v) is 11.3. The zero-order valence-corrected chi connectivity index (χ0v) is 44.7. The number of pyridine rings is 1. The number of anilines is 2. The van der Waals surface area contributed by atoms with Crippen LogP contribution in [0.1, 0.15) is 106 Å². The first kappa shape index (κ1) is 45.9. The lowest BCUT2D eigenvalue weighted by Gasteiger charge is -2.26. The molecule has 74 heavy (non-hydrogen) atoms. The molecule has 0 saturated carbocycles. The van der Waals surface area contributed by atoms with Crippen molar-refractivity contribution in [2.75, 3.05) is 4.90 Å². The van der Waals surface area contributed by atoms with E-state index in [0.717, 1.165) is 78.2 Å². The van der Waals surface area contributed by atoms with Crippen LogP contribution in [0.15, 0.2) is 182 Å². The molecule has 0 spiro atoms. The van der Waals surface area contributed by atoms with E-state index in [2.05, 4.69) is 252 Å². The van der Waals surface area contributed by atoms with Crippen molar-refractivity contribution in [1.29, 1.82) is 0 Å². The minimum Gasteiger partial charge on any atom is -0.457 e. The van der Waals surface area contributed by atoms with E-state index in [9.17, 15) is 1.37 Å². The third kappa shape index (κ3) is 8.05. The van der Waals surface area contributed by atoms with Gasteiger partial charge in [-0.1, -0.05) is 191 Å². The minimum atomic E-state index is -0.799. The van der Waals surface area contributed by atoms with Gasteiger partial charge < -0.3 is 14.2 Å². The fourth-order valence-electron chi connectivity index (χ4n) is 11.3. The van der Waals surface area contributed by atoms with Gasteiger partial charge >= 0.3 is 0 Å². The topological polar surface area (TPSA) is 35.2 Å². The molecular weight excluding hydrogens is 901 g/mol. The number of rotatable bonds is 6. The second-order valence-electron chi connectivity index (χ2n) is 23.8. The van der Waals surface area contributed by atoms with Gasteiger partial charge in [0.1, 0.15) is 24.0 Å². The van der Waals surface area contributed by atoms with E-state index in [1.54, 1.807) is 0 Å². The highest BCUT2D eigenvalue weighted by atomic mass is 16.5. The van der Waals surface area contributed by atoms with E-state index in [1.165, 1.54) is 49.0 Å². The van der Waals surface area contributed by atoms with Crippen LogP contribution >= 0.6 is 0 Å². The Kier molecular flexibility index (Phi) is 10.8. The summed E-state index contributed by atoms with van der Waals surface area (Å²) in [5, 5.41) is 9.44. The van der Waals surface area contributed by atoms with Crippen molar-refractivity contribution in [2.45, 2.75) is 105 Å². The van der Waals surface area contributed by atoms with E-state index in [4.69, 9.17) is 9.72 Å². The first-order valence-electron chi connectivity index (χ1n) is 26.7. The highest BCUT2D eigenvalue weighted by Crippen LogP contribution is 2.47. The van der Waals surface area contributed by atoms with Crippen molar-refractivity contribution in [3.05, 3.63) is 204 Å². The molecule has 0 amide bonds. The second kappa shape index (κ2) is 17.4. The van der Waals surface area contributed by atoms with Crippen molar-refractivity contribution in [3.8, 4) is 28.4 Å². The molecule has 0 unspecified atom stereocenters. The van der Waals surface area contributed by atoms with Gasteiger partial charge in [-0.2, -0.15) is 0 Å². The SMILES string of the molecule is [2H]C(C)(C)c1cc(-c2cccc3c4ccccc4c4ccccc4c4cccc5c4n(c23)CN5c2cc(Oc3ccc4c5ccccc5n(-c5cc(C(C)(C)C)ccn5)c4c3)cc(C(C)(C)C)c2)cc(C(C)(C)C)c1. The summed E-state index contributed by atoms with van der Waals surface area (Å²) in [6.07, 6.45) is 1.93. The normalized spacial score (nSPS) is 13.4. The smallest absolute Gasteiger partial charge is 0.137 e. The monoisotopic (exact) mass is 968 g/mol. The zero-order valence-electron chi connectivity index (χ0n) is 45.7. The van der Waals surface area contributed by atoms with Crippen LogP contribution in [-0.4, -0.2) is 14.1 Å². The average molecular weight is 968 g/mol. The average Bonchev–Trinajstić information content (AvgIpc) is 3.94. The van der Waals surface area contributed by atoms with Gasteiger partial charge in [0, 0.05) is 52.5 Å². The number of hydrogen-bond acceptors (Lipinski definition) is 3. The Bertz CT molecular complexity index is 4150. The summed E-state index contributed by atoms with van der Waals surface area (Å²) in [7, 11) is 0. The molecule has 8 aromatic carbocycles. The molecule has 0 N–H and O–H groups in total. The van der Waals surface area contributed by atoms with Crippen molar-refractivity contribution < 1.29 is 6.11 Å². The first-order valence-corrected chi connectivity index (χ1v) is 26.2. The number of aromatic nitrogens is 3. The van der Waals surface area contributed by atoms with Gasteiger partial charge in [0.25, 0.3) is 0 Å². The minimum absolute atomic E-state index is 0.0337. The van der Waals surface area contributed by atoms with Crippen LogP contribution in [-0.2, 0) is 22.9 Å². The lowest BCUT2D eigenvalue weighted by Crippen LogP contribution is -2.17. The molecule has 5 heteroatoms. The summed E-state index contributed by atoms with van der Waals surface area (Å²) in [4.78, 5) is 7.44. The Labute approximate surface area is 437 Å². The summed E-state index contributed by atoms with van der Waals surface area (Å²) in [6, 6.07) is 64.5. The highest BCUT2D eigenvalue weighted by molar-refractivity contribution is 6.22. The molecule has 4 heterocycles. The molecule has 3 aromatic heterocycles. The van der Waals surface area contributed by atoms with Gasteiger partial charge in [-0.3, -0.25) is 4.57 Å². The van der Waals surface area contributed by atoms with E-state index in [0.29, 0.717) is 6.67 Å². The lowest BCUT2D eigenvalue weighted by atomic mass is 9.82. The lowest BCUT2D eigenvalue weighted by molar-refractivity contribution is 0.479. The van der Waals surface area contributed by atoms with Crippen LogP contribution in [0.5, 0.6) is 11.5 Å². The third-order valence-corrected chi connectivity index (χ3v) is 15.4. The van der Waals surface area contributed by atoms with Crippen LogP contribution in [0, 0.1) is 0 Å². The predicted molar refractivity (Wildman–Crippen MR) is 315 cm³/mol. The standard InChI is InChI=1S/C69H66N4O/c1-43(2)44-34-45(36-47(35-44)68(6,7)8)52-25-18-26-59-55-22-14-12-20-53(55)54-21-13-15-23-56(54)60-27-19-29-62-66(60)72(65(52)59)42-71(62)49-37-48(69(9,10)11)38-51(40-49)74-50-30-31-58-57-24-16-17-28-61(57)73(63(58)41-50)64-39-46(32-33-70-64)67(3,4)5/h12-41,43H,42H2,1-11H3/i43D. The van der Waals surface area contributed by atoms with Crippen molar-refractivity contribution >= 4 is 76.5 Å². The molecule has 368 valence electrons. The fraction of sp³-hybridized carbons (Fsp3) is 0.232. The van der Waals surface area contributed by atoms with E-state index >= 15 is 0 Å². The van der Waals surface area contributed by atoms with Gasteiger partial charge in [0.15, 0.2) is 0 Å². The third-order valence-electron chi connectivity index (χ3n) is 15.4. The molecule has 12 rings (SSSR count). The zero-order chi connectivity index (χ0) is 52.3. The van der Waals surface area contributed by atoms with Gasteiger partial charge in [-0.25, -0.2) is 4.98 Å². The summed E-state index contributed by atoms with van der Waals surface area (Å²) in [6.45, 7) is 24.9. The van der Waals surface area contributed by atoms with Crippen molar-refractivity contribution in [1.82, 2.24) is 14.1 Å². The predicted octanol–water partition coefficient (Wildman–Crippen LogP) is 19.3. The number of fused-ring (bicyclic) bond motifs is 10. The molecule has 0 bridgehead atoms. The number of nitrogens with zero attached hydrogens (tertiary/aromatic N) is 4. The van der Waals surface area contributed by atoms with Crippen LogP contribution in [0.25, 0.3) is 82.1 Å². The summed E-state index contributed by atoms with van der Waals surface area (Å²) in [5.41, 5.74) is 13.1. The molecule has 1 aliphatic heterocycles. The second-order valence-corrected chi connectivity index (χ2v) is 23.8. The highest BCUT2D eigenvalue weighted by Gasteiger charge is 2.28. The molecular formula is C69H66N4O. The summed E-state index contributed by atoms with van der Waals surface area (Å²) >= 11 is 0. The Morgan fingerprint density at radius 3 is 1.73 bits per heavy atom. The van der Waals surface area contributed by atoms with Gasteiger partial charge in [0.2, 0.25) is 0 Å². The van der Waals surface area contributed by atoms with Crippen LogP contribution in [0.3, 0.4) is 0 Å². The molecule has 0 saturated heterocycles. The summed E-state index contributed by atoms with van der Waals surface area (Å²) < 4.78 is 21.3. The maximum atomic E-state index is 9.34. The molecule has 0 fully saturated rings. The summed E-state index contributed by atoms with van der Waals surface area (Å²) in [5.74, 6) is 1.61. The Morgan fingerprint density at radius 1 is 0.486 bits per heavy atom. The van der Waals surface area contributed by atoms with Gasteiger partial charge in [-0.15, -0.1) is 0 Å². The van der Waals surface area contributed by atoms with Gasteiger partial charge in [-0.05, 0) is 120 Å². The molecule has 11 aromatic rings. The Hall–Kier alpha value is -7.89. The van der Waals surface area contributed by atoms with Crippen molar-refractivity contribution in [2.24, 2.45) is 0 Å². The molecule has 5 nitrogen and oxygen atoms in total. The van der Waals surface area contributed by atoms with E-state index < -0.39 is 5.89 Å². The van der Waals surface area contributed by atoms with Crippen LogP contribution < -0.4 is 9.64 Å². The quantitative estimate of drug-likeness (QED) is 0.167. The van der Waals surface area contributed by atoms with E-state index in [-0.39, 0.29) is 16.2 Å².